The highest BCUT2D eigenvalue weighted by Crippen LogP contribution is 2.50. The molecular weight excluding hydrogens is 571 g/mol. The summed E-state index contributed by atoms with van der Waals surface area (Å²) in [4.78, 5) is 14.6. The van der Waals surface area contributed by atoms with E-state index in [-0.39, 0.29) is 5.41 Å². The molecular formula is C44H31N3. The van der Waals surface area contributed by atoms with Crippen molar-refractivity contribution < 1.29 is 0 Å². The molecule has 1 aliphatic carbocycles. The van der Waals surface area contributed by atoms with E-state index in [1.807, 2.05) is 30.6 Å². The SMILES string of the molecule is CC1(C)c2ccccc2-c2cc3ccc4c(-c5cc(-c6ccccc6)nc(-c6cccc(-c7ccncc7)c6)n5)cccc4c3cc21. The molecule has 0 amide bonds. The Hall–Kier alpha value is -5.93. The van der Waals surface area contributed by atoms with Crippen LogP contribution in [0.1, 0.15) is 25.0 Å². The van der Waals surface area contributed by atoms with Gasteiger partial charge in [0.2, 0.25) is 0 Å². The van der Waals surface area contributed by atoms with Crippen molar-refractivity contribution in [1.29, 1.82) is 0 Å². The Kier molecular flexibility index (Phi) is 6.16. The number of pyridine rings is 1. The molecule has 0 aliphatic heterocycles. The average Bonchev–Trinajstić information content (AvgIpc) is 3.36. The molecule has 0 radical (unpaired) electrons. The molecule has 2 heterocycles. The van der Waals surface area contributed by atoms with Gasteiger partial charge in [0, 0.05) is 34.5 Å². The number of benzene rings is 6. The van der Waals surface area contributed by atoms with Gasteiger partial charge in [-0.15, -0.1) is 0 Å². The molecule has 8 aromatic rings. The second-order valence-corrected chi connectivity index (χ2v) is 12.9. The molecule has 0 fully saturated rings. The van der Waals surface area contributed by atoms with Gasteiger partial charge in [0.15, 0.2) is 5.82 Å². The van der Waals surface area contributed by atoms with Crippen LogP contribution < -0.4 is 0 Å². The molecule has 6 aromatic carbocycles. The van der Waals surface area contributed by atoms with Crippen LogP contribution in [0.15, 0.2) is 152 Å². The smallest absolute Gasteiger partial charge is 0.160 e. The zero-order valence-electron chi connectivity index (χ0n) is 26.3. The van der Waals surface area contributed by atoms with Gasteiger partial charge >= 0.3 is 0 Å². The van der Waals surface area contributed by atoms with Crippen molar-refractivity contribution in [3.8, 4) is 56.2 Å². The molecule has 3 nitrogen and oxygen atoms in total. The van der Waals surface area contributed by atoms with Gasteiger partial charge in [-0.05, 0) is 91.3 Å². The number of hydrogen-bond donors (Lipinski definition) is 0. The average molecular weight is 602 g/mol. The Bertz CT molecular complexity index is 2480. The highest BCUT2D eigenvalue weighted by Gasteiger charge is 2.35. The molecule has 0 saturated carbocycles. The molecule has 0 atom stereocenters. The fraction of sp³-hybridized carbons (Fsp3) is 0.0682. The van der Waals surface area contributed by atoms with Gasteiger partial charge < -0.3 is 0 Å². The Balaban J connectivity index is 1.24. The lowest BCUT2D eigenvalue weighted by Gasteiger charge is -2.22. The summed E-state index contributed by atoms with van der Waals surface area (Å²) in [5.74, 6) is 0.701. The monoisotopic (exact) mass is 601 g/mol. The zero-order chi connectivity index (χ0) is 31.5. The van der Waals surface area contributed by atoms with Gasteiger partial charge in [-0.25, -0.2) is 9.97 Å². The molecule has 0 saturated heterocycles. The minimum atomic E-state index is -0.0587. The van der Waals surface area contributed by atoms with Crippen molar-refractivity contribution in [2.45, 2.75) is 19.3 Å². The summed E-state index contributed by atoms with van der Waals surface area (Å²) in [5, 5.41) is 4.94. The van der Waals surface area contributed by atoms with E-state index in [2.05, 4.69) is 140 Å². The van der Waals surface area contributed by atoms with Gasteiger partial charge in [0.05, 0.1) is 11.4 Å². The van der Waals surface area contributed by atoms with Crippen LogP contribution in [0.3, 0.4) is 0 Å². The maximum atomic E-state index is 5.25. The summed E-state index contributed by atoms with van der Waals surface area (Å²) < 4.78 is 0. The van der Waals surface area contributed by atoms with Gasteiger partial charge in [-0.3, -0.25) is 4.98 Å². The highest BCUT2D eigenvalue weighted by molar-refractivity contribution is 6.13. The van der Waals surface area contributed by atoms with Gasteiger partial charge in [-0.1, -0.05) is 117 Å². The minimum absolute atomic E-state index is 0.0587. The molecule has 9 rings (SSSR count). The maximum Gasteiger partial charge on any atom is 0.160 e. The fourth-order valence-corrected chi connectivity index (χ4v) is 7.36. The summed E-state index contributed by atoms with van der Waals surface area (Å²) in [5.41, 5.74) is 12.6. The number of fused-ring (bicyclic) bond motifs is 6. The quantitative estimate of drug-likeness (QED) is 0.188. The van der Waals surface area contributed by atoms with E-state index in [0.717, 1.165) is 39.2 Å². The van der Waals surface area contributed by atoms with Crippen molar-refractivity contribution in [2.24, 2.45) is 0 Å². The summed E-state index contributed by atoms with van der Waals surface area (Å²) in [6, 6.07) is 49.8. The van der Waals surface area contributed by atoms with Crippen molar-refractivity contribution >= 4 is 21.5 Å². The van der Waals surface area contributed by atoms with Crippen LogP contribution in [-0.4, -0.2) is 15.0 Å². The normalized spacial score (nSPS) is 13.1. The molecule has 0 unspecified atom stereocenters. The first-order valence-electron chi connectivity index (χ1n) is 16.1. The van der Waals surface area contributed by atoms with Crippen molar-refractivity contribution in [1.82, 2.24) is 15.0 Å². The summed E-state index contributed by atoms with van der Waals surface area (Å²) in [6.07, 6.45) is 3.65. The minimum Gasteiger partial charge on any atom is -0.265 e. The van der Waals surface area contributed by atoms with Crippen LogP contribution in [0, 0.1) is 0 Å². The van der Waals surface area contributed by atoms with E-state index in [1.54, 1.807) is 0 Å². The molecule has 1 aliphatic rings. The molecule has 3 heteroatoms. The van der Waals surface area contributed by atoms with E-state index in [0.29, 0.717) is 5.82 Å². The lowest BCUT2D eigenvalue weighted by atomic mass is 9.81. The maximum absolute atomic E-state index is 5.25. The van der Waals surface area contributed by atoms with E-state index < -0.39 is 0 Å². The predicted molar refractivity (Wildman–Crippen MR) is 194 cm³/mol. The van der Waals surface area contributed by atoms with Crippen molar-refractivity contribution in [3.05, 3.63) is 163 Å². The molecule has 0 bridgehead atoms. The van der Waals surface area contributed by atoms with Gasteiger partial charge in [0.1, 0.15) is 0 Å². The first-order chi connectivity index (χ1) is 23.0. The standard InChI is InChI=1S/C44H31N3/c1-44(2)39-17-7-6-14-35(39)38-25-31-18-19-34-33(37(31)26-40(38)44)15-9-16-36(34)42-27-41(29-10-4-3-5-11-29)46-43(47-42)32-13-8-12-30(24-32)28-20-22-45-23-21-28/h3-27H,1-2H3. The Morgan fingerprint density at radius 3 is 2.02 bits per heavy atom. The second kappa shape index (κ2) is 10.6. The Labute approximate surface area is 274 Å². The van der Waals surface area contributed by atoms with Crippen molar-refractivity contribution in [2.75, 3.05) is 0 Å². The largest absolute Gasteiger partial charge is 0.265 e. The van der Waals surface area contributed by atoms with E-state index in [4.69, 9.17) is 9.97 Å². The number of rotatable bonds is 4. The summed E-state index contributed by atoms with van der Waals surface area (Å²) >= 11 is 0. The van der Waals surface area contributed by atoms with Crippen LogP contribution >= 0.6 is 0 Å². The van der Waals surface area contributed by atoms with Crippen LogP contribution in [0.2, 0.25) is 0 Å². The van der Waals surface area contributed by atoms with Crippen LogP contribution in [0.5, 0.6) is 0 Å². The van der Waals surface area contributed by atoms with E-state index >= 15 is 0 Å². The topological polar surface area (TPSA) is 38.7 Å². The highest BCUT2D eigenvalue weighted by atomic mass is 14.9. The molecule has 2 aromatic heterocycles. The molecule has 0 N–H and O–H groups in total. The number of hydrogen-bond acceptors (Lipinski definition) is 3. The fourth-order valence-electron chi connectivity index (χ4n) is 7.36. The third kappa shape index (κ3) is 4.46. The number of nitrogens with zero attached hydrogens (tertiary/aromatic N) is 3. The third-order valence-electron chi connectivity index (χ3n) is 9.79. The van der Waals surface area contributed by atoms with E-state index in [9.17, 15) is 0 Å². The second-order valence-electron chi connectivity index (χ2n) is 12.9. The lowest BCUT2D eigenvalue weighted by molar-refractivity contribution is 0.661. The van der Waals surface area contributed by atoms with Crippen LogP contribution in [0.25, 0.3) is 77.7 Å². The third-order valence-corrected chi connectivity index (χ3v) is 9.79. The first kappa shape index (κ1) is 27.4. The Morgan fingerprint density at radius 2 is 1.15 bits per heavy atom. The lowest BCUT2D eigenvalue weighted by Crippen LogP contribution is -2.14. The summed E-state index contributed by atoms with van der Waals surface area (Å²) in [7, 11) is 0. The Morgan fingerprint density at radius 1 is 0.426 bits per heavy atom. The van der Waals surface area contributed by atoms with Crippen LogP contribution in [-0.2, 0) is 5.41 Å². The van der Waals surface area contributed by atoms with E-state index in [1.165, 1.54) is 43.8 Å². The predicted octanol–water partition coefficient (Wildman–Crippen LogP) is 11.2. The van der Waals surface area contributed by atoms with Gasteiger partial charge in [-0.2, -0.15) is 0 Å². The number of aromatic nitrogens is 3. The van der Waals surface area contributed by atoms with Crippen LogP contribution in [0.4, 0.5) is 0 Å². The van der Waals surface area contributed by atoms with Gasteiger partial charge in [0.25, 0.3) is 0 Å². The molecule has 222 valence electrons. The summed E-state index contributed by atoms with van der Waals surface area (Å²) in [6.45, 7) is 4.69. The zero-order valence-corrected chi connectivity index (χ0v) is 26.3. The molecule has 47 heavy (non-hydrogen) atoms. The van der Waals surface area contributed by atoms with Crippen molar-refractivity contribution in [3.63, 3.8) is 0 Å². The first-order valence-corrected chi connectivity index (χ1v) is 16.1. The molecule has 0 spiro atoms.